The standard InChI is InChI=1S/C15H19N3O/c1-9(2)13-8-14(18-17-13)16-15(19)12-6-5-10(3)11(4)7-12/h5-9H,1-4H3,(H2,16,17,18,19). The summed E-state index contributed by atoms with van der Waals surface area (Å²) in [6, 6.07) is 7.53. The molecule has 1 amide bonds. The molecule has 1 aromatic heterocycles. The minimum absolute atomic E-state index is 0.134. The third-order valence-corrected chi connectivity index (χ3v) is 3.23. The fraction of sp³-hybridized carbons (Fsp3) is 0.333. The Balaban J connectivity index is 2.13. The van der Waals surface area contributed by atoms with E-state index in [9.17, 15) is 4.79 Å². The molecule has 0 spiro atoms. The summed E-state index contributed by atoms with van der Waals surface area (Å²) in [5, 5.41) is 9.80. The van der Waals surface area contributed by atoms with Crippen molar-refractivity contribution in [2.45, 2.75) is 33.6 Å². The first-order chi connectivity index (χ1) is 8.97. The molecule has 0 aliphatic carbocycles. The van der Waals surface area contributed by atoms with E-state index in [1.807, 2.05) is 38.1 Å². The van der Waals surface area contributed by atoms with Gasteiger partial charge in [-0.1, -0.05) is 19.9 Å². The molecule has 0 radical (unpaired) electrons. The second-order valence-electron chi connectivity index (χ2n) is 5.12. The molecule has 4 nitrogen and oxygen atoms in total. The zero-order valence-electron chi connectivity index (χ0n) is 11.7. The van der Waals surface area contributed by atoms with E-state index in [4.69, 9.17) is 0 Å². The fourth-order valence-corrected chi connectivity index (χ4v) is 1.77. The third kappa shape index (κ3) is 3.02. The Morgan fingerprint density at radius 3 is 2.53 bits per heavy atom. The van der Waals surface area contributed by atoms with E-state index in [2.05, 4.69) is 29.4 Å². The lowest BCUT2D eigenvalue weighted by Crippen LogP contribution is -2.12. The smallest absolute Gasteiger partial charge is 0.256 e. The molecule has 2 rings (SSSR count). The van der Waals surface area contributed by atoms with Gasteiger partial charge in [-0.3, -0.25) is 9.89 Å². The molecule has 0 unspecified atom stereocenters. The Morgan fingerprint density at radius 1 is 1.21 bits per heavy atom. The SMILES string of the molecule is Cc1ccc(C(=O)Nc2cc(C(C)C)[nH]n2)cc1C. The van der Waals surface area contributed by atoms with E-state index < -0.39 is 0 Å². The molecule has 19 heavy (non-hydrogen) atoms. The highest BCUT2D eigenvalue weighted by Crippen LogP contribution is 2.16. The second-order valence-corrected chi connectivity index (χ2v) is 5.12. The van der Waals surface area contributed by atoms with Crippen molar-refractivity contribution in [2.75, 3.05) is 5.32 Å². The summed E-state index contributed by atoms with van der Waals surface area (Å²) in [5.41, 5.74) is 3.95. The summed E-state index contributed by atoms with van der Waals surface area (Å²) in [5.74, 6) is 0.789. The van der Waals surface area contributed by atoms with E-state index >= 15 is 0 Å². The number of anilines is 1. The summed E-state index contributed by atoms with van der Waals surface area (Å²) < 4.78 is 0. The lowest BCUT2D eigenvalue weighted by atomic mass is 10.1. The zero-order chi connectivity index (χ0) is 14.0. The maximum atomic E-state index is 12.1. The van der Waals surface area contributed by atoms with Crippen molar-refractivity contribution < 1.29 is 4.79 Å². The van der Waals surface area contributed by atoms with Gasteiger partial charge in [0.05, 0.1) is 0 Å². The minimum Gasteiger partial charge on any atom is -0.305 e. The van der Waals surface area contributed by atoms with E-state index in [1.165, 1.54) is 5.56 Å². The highest BCUT2D eigenvalue weighted by Gasteiger charge is 2.10. The topological polar surface area (TPSA) is 57.8 Å². The van der Waals surface area contributed by atoms with Gasteiger partial charge in [0.25, 0.3) is 5.91 Å². The van der Waals surface area contributed by atoms with Crippen LogP contribution in [0.5, 0.6) is 0 Å². The highest BCUT2D eigenvalue weighted by molar-refractivity contribution is 6.03. The van der Waals surface area contributed by atoms with Crippen LogP contribution in [0.15, 0.2) is 24.3 Å². The normalized spacial score (nSPS) is 10.8. The predicted octanol–water partition coefficient (Wildman–Crippen LogP) is 3.40. The van der Waals surface area contributed by atoms with Crippen LogP contribution >= 0.6 is 0 Å². The van der Waals surface area contributed by atoms with Crippen molar-refractivity contribution in [2.24, 2.45) is 0 Å². The molecule has 100 valence electrons. The van der Waals surface area contributed by atoms with Gasteiger partial charge in [0.1, 0.15) is 0 Å². The molecule has 0 bridgehead atoms. The molecule has 0 aliphatic rings. The second kappa shape index (κ2) is 5.26. The van der Waals surface area contributed by atoms with Crippen LogP contribution in [-0.2, 0) is 0 Å². The van der Waals surface area contributed by atoms with Crippen LogP contribution in [0.1, 0.15) is 46.9 Å². The van der Waals surface area contributed by atoms with Crippen molar-refractivity contribution in [3.8, 4) is 0 Å². The number of rotatable bonds is 3. The number of aromatic amines is 1. The number of aryl methyl sites for hydroxylation is 2. The molecule has 0 saturated heterocycles. The average Bonchev–Trinajstić information content (AvgIpc) is 2.81. The lowest BCUT2D eigenvalue weighted by Gasteiger charge is -2.05. The molecule has 1 heterocycles. The predicted molar refractivity (Wildman–Crippen MR) is 76.5 cm³/mol. The Morgan fingerprint density at radius 2 is 1.95 bits per heavy atom. The molecule has 4 heteroatoms. The first-order valence-corrected chi connectivity index (χ1v) is 6.41. The first-order valence-electron chi connectivity index (χ1n) is 6.41. The summed E-state index contributed by atoms with van der Waals surface area (Å²) in [6.07, 6.45) is 0. The van der Waals surface area contributed by atoms with Crippen molar-refractivity contribution in [3.05, 3.63) is 46.6 Å². The van der Waals surface area contributed by atoms with Crippen LogP contribution in [0.3, 0.4) is 0 Å². The van der Waals surface area contributed by atoms with E-state index in [-0.39, 0.29) is 5.91 Å². The quantitative estimate of drug-likeness (QED) is 0.885. The summed E-state index contributed by atoms with van der Waals surface area (Å²) in [4.78, 5) is 12.1. The van der Waals surface area contributed by atoms with Gasteiger partial charge in [0.15, 0.2) is 5.82 Å². The van der Waals surface area contributed by atoms with E-state index in [0.717, 1.165) is 11.3 Å². The van der Waals surface area contributed by atoms with E-state index in [1.54, 1.807) is 0 Å². The highest BCUT2D eigenvalue weighted by atomic mass is 16.1. The molecule has 0 saturated carbocycles. The molecule has 2 aromatic rings. The molecular formula is C15H19N3O. The largest absolute Gasteiger partial charge is 0.305 e. The summed E-state index contributed by atoms with van der Waals surface area (Å²) >= 11 is 0. The number of amides is 1. The number of hydrogen-bond acceptors (Lipinski definition) is 2. The molecule has 0 atom stereocenters. The number of benzene rings is 1. The number of aromatic nitrogens is 2. The Bertz CT molecular complexity index is 599. The molecular weight excluding hydrogens is 238 g/mol. The number of nitrogens with one attached hydrogen (secondary N) is 2. The summed E-state index contributed by atoms with van der Waals surface area (Å²) in [7, 11) is 0. The van der Waals surface area contributed by atoms with Gasteiger partial charge in [-0.2, -0.15) is 5.10 Å². The van der Waals surface area contributed by atoms with Crippen LogP contribution in [0.2, 0.25) is 0 Å². The number of carbonyl (C=O) groups is 1. The third-order valence-electron chi connectivity index (χ3n) is 3.23. The monoisotopic (exact) mass is 257 g/mol. The number of carbonyl (C=O) groups excluding carboxylic acids is 1. The van der Waals surface area contributed by atoms with Crippen LogP contribution < -0.4 is 5.32 Å². The van der Waals surface area contributed by atoms with Gasteiger partial charge in [0.2, 0.25) is 0 Å². The Labute approximate surface area is 113 Å². The maximum absolute atomic E-state index is 12.1. The molecule has 0 aliphatic heterocycles. The zero-order valence-corrected chi connectivity index (χ0v) is 11.7. The number of hydrogen-bond donors (Lipinski definition) is 2. The molecule has 0 fully saturated rings. The maximum Gasteiger partial charge on any atom is 0.256 e. The van der Waals surface area contributed by atoms with Crippen molar-refractivity contribution >= 4 is 11.7 Å². The van der Waals surface area contributed by atoms with Crippen molar-refractivity contribution in [1.29, 1.82) is 0 Å². The van der Waals surface area contributed by atoms with Gasteiger partial charge in [-0.25, -0.2) is 0 Å². The number of H-pyrrole nitrogens is 1. The van der Waals surface area contributed by atoms with Gasteiger partial charge in [0, 0.05) is 17.3 Å². The van der Waals surface area contributed by atoms with Crippen LogP contribution in [0.4, 0.5) is 5.82 Å². The molecule has 2 N–H and O–H groups in total. The Hall–Kier alpha value is -2.10. The Kier molecular flexibility index (Phi) is 3.69. The van der Waals surface area contributed by atoms with E-state index in [0.29, 0.717) is 17.3 Å². The van der Waals surface area contributed by atoms with Gasteiger partial charge < -0.3 is 5.32 Å². The van der Waals surface area contributed by atoms with Gasteiger partial charge in [-0.15, -0.1) is 0 Å². The van der Waals surface area contributed by atoms with Gasteiger partial charge >= 0.3 is 0 Å². The number of nitrogens with zero attached hydrogens (tertiary/aromatic N) is 1. The van der Waals surface area contributed by atoms with Crippen LogP contribution in [0, 0.1) is 13.8 Å². The first kappa shape index (κ1) is 13.3. The van der Waals surface area contributed by atoms with Crippen LogP contribution in [0.25, 0.3) is 0 Å². The van der Waals surface area contributed by atoms with Crippen molar-refractivity contribution in [1.82, 2.24) is 10.2 Å². The fourth-order valence-electron chi connectivity index (χ4n) is 1.77. The lowest BCUT2D eigenvalue weighted by molar-refractivity contribution is 0.102. The average molecular weight is 257 g/mol. The minimum atomic E-state index is -0.134. The van der Waals surface area contributed by atoms with Crippen molar-refractivity contribution in [3.63, 3.8) is 0 Å². The molecule has 1 aromatic carbocycles. The van der Waals surface area contributed by atoms with Gasteiger partial charge in [-0.05, 0) is 43.0 Å². The van der Waals surface area contributed by atoms with Crippen LogP contribution in [-0.4, -0.2) is 16.1 Å². The summed E-state index contributed by atoms with van der Waals surface area (Å²) in [6.45, 7) is 8.17.